The second kappa shape index (κ2) is 8.79. The van der Waals surface area contributed by atoms with Gasteiger partial charge < -0.3 is 15.0 Å². The fourth-order valence-corrected chi connectivity index (χ4v) is 2.07. The van der Waals surface area contributed by atoms with Crippen LogP contribution in [0, 0.1) is 0 Å². The number of amides is 1. The van der Waals surface area contributed by atoms with Crippen LogP contribution in [0.4, 0.5) is 4.79 Å². The van der Waals surface area contributed by atoms with E-state index < -0.39 is 6.09 Å². The molecule has 0 spiro atoms. The van der Waals surface area contributed by atoms with Gasteiger partial charge in [0.1, 0.15) is 6.61 Å². The van der Waals surface area contributed by atoms with E-state index in [0.717, 1.165) is 5.56 Å². The number of H-pyrrole nitrogens is 1. The van der Waals surface area contributed by atoms with Gasteiger partial charge in [-0.3, -0.25) is 4.79 Å². The van der Waals surface area contributed by atoms with Crippen LogP contribution in [0.2, 0.25) is 0 Å². The molecule has 6 nitrogen and oxygen atoms in total. The maximum absolute atomic E-state index is 11.7. The van der Waals surface area contributed by atoms with E-state index in [2.05, 4.69) is 15.3 Å². The summed E-state index contributed by atoms with van der Waals surface area (Å²) in [6.07, 6.45) is 6.08. The first-order valence-corrected chi connectivity index (χ1v) is 8.16. The molecule has 7 heteroatoms. The Labute approximate surface area is 138 Å². The highest BCUT2D eigenvalue weighted by Gasteiger charge is 2.01. The SMILES string of the molecule is CSc1ncc(C=CCNC(=O)OCc2ccccc2)c(=O)[nH]1. The highest BCUT2D eigenvalue weighted by molar-refractivity contribution is 7.98. The van der Waals surface area contributed by atoms with Crippen LogP contribution in [0.3, 0.4) is 0 Å². The number of nitrogens with zero attached hydrogens (tertiary/aromatic N) is 1. The van der Waals surface area contributed by atoms with E-state index in [1.54, 1.807) is 12.2 Å². The summed E-state index contributed by atoms with van der Waals surface area (Å²) < 4.78 is 5.07. The molecule has 0 fully saturated rings. The van der Waals surface area contributed by atoms with Crippen molar-refractivity contribution in [3.8, 4) is 0 Å². The van der Waals surface area contributed by atoms with E-state index in [0.29, 0.717) is 10.7 Å². The molecule has 2 rings (SSSR count). The molecule has 0 radical (unpaired) electrons. The molecule has 1 amide bonds. The highest BCUT2D eigenvalue weighted by atomic mass is 32.2. The topological polar surface area (TPSA) is 84.1 Å². The van der Waals surface area contributed by atoms with E-state index in [1.165, 1.54) is 18.0 Å². The van der Waals surface area contributed by atoms with Crippen molar-refractivity contribution >= 4 is 23.9 Å². The van der Waals surface area contributed by atoms with Crippen molar-refractivity contribution in [2.24, 2.45) is 0 Å². The lowest BCUT2D eigenvalue weighted by Crippen LogP contribution is -2.24. The fourth-order valence-electron chi connectivity index (χ4n) is 1.71. The van der Waals surface area contributed by atoms with Gasteiger partial charge >= 0.3 is 6.09 Å². The molecule has 120 valence electrons. The minimum atomic E-state index is -0.511. The number of hydrogen-bond acceptors (Lipinski definition) is 5. The molecule has 0 unspecified atom stereocenters. The molecule has 0 bridgehead atoms. The smallest absolute Gasteiger partial charge is 0.407 e. The summed E-state index contributed by atoms with van der Waals surface area (Å²) in [4.78, 5) is 30.0. The number of carbonyl (C=O) groups excluding carboxylic acids is 1. The number of hydrogen-bond donors (Lipinski definition) is 2. The van der Waals surface area contributed by atoms with Gasteiger partial charge in [0.15, 0.2) is 5.16 Å². The summed E-state index contributed by atoms with van der Waals surface area (Å²) in [7, 11) is 0. The van der Waals surface area contributed by atoms with Gasteiger partial charge in [0, 0.05) is 12.7 Å². The van der Waals surface area contributed by atoms with E-state index in [1.807, 2.05) is 36.6 Å². The van der Waals surface area contributed by atoms with E-state index >= 15 is 0 Å². The quantitative estimate of drug-likeness (QED) is 0.627. The molecule has 0 aliphatic rings. The van der Waals surface area contributed by atoms with Gasteiger partial charge in [-0.2, -0.15) is 0 Å². The molecule has 1 aromatic heterocycles. The Morgan fingerprint density at radius 1 is 1.39 bits per heavy atom. The van der Waals surface area contributed by atoms with Crippen molar-refractivity contribution in [1.82, 2.24) is 15.3 Å². The third-order valence-corrected chi connectivity index (χ3v) is 3.47. The lowest BCUT2D eigenvalue weighted by atomic mass is 10.2. The van der Waals surface area contributed by atoms with Crippen molar-refractivity contribution in [3.05, 3.63) is 64.1 Å². The van der Waals surface area contributed by atoms with Gasteiger partial charge in [-0.05, 0) is 11.8 Å². The second-order valence-electron chi connectivity index (χ2n) is 4.52. The standard InChI is InChI=1S/C16H17N3O3S/c1-23-15-18-10-13(14(20)19-15)8-5-9-17-16(21)22-11-12-6-3-2-4-7-12/h2-8,10H,9,11H2,1H3,(H,17,21)(H,18,19,20). The monoisotopic (exact) mass is 331 g/mol. The first-order valence-electron chi connectivity index (χ1n) is 6.93. The lowest BCUT2D eigenvalue weighted by Gasteiger charge is -2.05. The van der Waals surface area contributed by atoms with Crippen LogP contribution in [0.15, 0.2) is 52.6 Å². The summed E-state index contributed by atoms with van der Waals surface area (Å²) in [6, 6.07) is 9.42. The first-order chi connectivity index (χ1) is 11.2. The number of aromatic amines is 1. The van der Waals surface area contributed by atoms with E-state index in [-0.39, 0.29) is 18.7 Å². The maximum atomic E-state index is 11.7. The fraction of sp³-hybridized carbons (Fsp3) is 0.188. The van der Waals surface area contributed by atoms with Gasteiger partial charge in [-0.1, -0.05) is 54.2 Å². The summed E-state index contributed by atoms with van der Waals surface area (Å²) in [6.45, 7) is 0.480. The van der Waals surface area contributed by atoms with Gasteiger partial charge in [-0.25, -0.2) is 9.78 Å². The number of aromatic nitrogens is 2. The highest BCUT2D eigenvalue weighted by Crippen LogP contribution is 2.04. The molecule has 2 aromatic rings. The number of ether oxygens (including phenoxy) is 1. The largest absolute Gasteiger partial charge is 0.445 e. The van der Waals surface area contributed by atoms with Gasteiger partial charge in [0.05, 0.1) is 5.56 Å². The number of thioether (sulfide) groups is 1. The summed E-state index contributed by atoms with van der Waals surface area (Å²) >= 11 is 1.36. The van der Waals surface area contributed by atoms with Crippen molar-refractivity contribution in [2.75, 3.05) is 12.8 Å². The first kappa shape index (κ1) is 16.8. The molecule has 2 N–H and O–H groups in total. The van der Waals surface area contributed by atoms with Crippen molar-refractivity contribution in [2.45, 2.75) is 11.8 Å². The van der Waals surface area contributed by atoms with Crippen LogP contribution < -0.4 is 10.9 Å². The zero-order chi connectivity index (χ0) is 16.5. The van der Waals surface area contributed by atoms with Crippen LogP contribution in [-0.4, -0.2) is 28.9 Å². The molecular weight excluding hydrogens is 314 g/mol. The van der Waals surface area contributed by atoms with Crippen LogP contribution in [-0.2, 0) is 11.3 Å². The molecule has 1 aromatic carbocycles. The number of nitrogens with one attached hydrogen (secondary N) is 2. The Bertz CT molecular complexity index is 729. The zero-order valence-electron chi connectivity index (χ0n) is 12.6. The van der Waals surface area contributed by atoms with Crippen molar-refractivity contribution in [3.63, 3.8) is 0 Å². The van der Waals surface area contributed by atoms with Gasteiger partial charge in [0.25, 0.3) is 5.56 Å². The predicted molar refractivity (Wildman–Crippen MR) is 90.3 cm³/mol. The van der Waals surface area contributed by atoms with Crippen molar-refractivity contribution < 1.29 is 9.53 Å². The van der Waals surface area contributed by atoms with Crippen LogP contribution >= 0.6 is 11.8 Å². The number of alkyl carbamates (subject to hydrolysis) is 1. The van der Waals surface area contributed by atoms with E-state index in [9.17, 15) is 9.59 Å². The molecule has 0 atom stereocenters. The molecule has 0 saturated carbocycles. The van der Waals surface area contributed by atoms with E-state index in [4.69, 9.17) is 4.74 Å². The molecule has 0 saturated heterocycles. The lowest BCUT2D eigenvalue weighted by molar-refractivity contribution is 0.141. The third-order valence-electron chi connectivity index (χ3n) is 2.87. The molecule has 0 aliphatic carbocycles. The Kier molecular flexibility index (Phi) is 6.43. The average Bonchev–Trinajstić information content (AvgIpc) is 2.58. The minimum absolute atomic E-state index is 0.216. The summed E-state index contributed by atoms with van der Waals surface area (Å²) in [5.41, 5.74) is 1.14. The molecule has 1 heterocycles. The zero-order valence-corrected chi connectivity index (χ0v) is 13.4. The second-order valence-corrected chi connectivity index (χ2v) is 5.32. The summed E-state index contributed by atoms with van der Waals surface area (Å²) in [5.74, 6) is 0. The van der Waals surface area contributed by atoms with Crippen LogP contribution in [0.25, 0.3) is 6.08 Å². The average molecular weight is 331 g/mol. The van der Waals surface area contributed by atoms with Gasteiger partial charge in [0.2, 0.25) is 0 Å². The normalized spacial score (nSPS) is 10.7. The molecule has 23 heavy (non-hydrogen) atoms. The summed E-state index contributed by atoms with van der Waals surface area (Å²) in [5, 5.41) is 3.15. The van der Waals surface area contributed by atoms with Gasteiger partial charge in [-0.15, -0.1) is 0 Å². The Balaban J connectivity index is 1.76. The number of carbonyl (C=O) groups is 1. The number of benzene rings is 1. The Morgan fingerprint density at radius 2 is 2.17 bits per heavy atom. The third kappa shape index (κ3) is 5.63. The Morgan fingerprint density at radius 3 is 2.87 bits per heavy atom. The minimum Gasteiger partial charge on any atom is -0.445 e. The molecular formula is C16H17N3O3S. The predicted octanol–water partition coefficient (Wildman–Crippen LogP) is 2.43. The van der Waals surface area contributed by atoms with Crippen molar-refractivity contribution in [1.29, 1.82) is 0 Å². The van der Waals surface area contributed by atoms with Crippen LogP contribution in [0.1, 0.15) is 11.1 Å². The maximum Gasteiger partial charge on any atom is 0.407 e. The number of rotatable bonds is 6. The Hall–Kier alpha value is -2.54. The van der Waals surface area contributed by atoms with Crippen LogP contribution in [0.5, 0.6) is 0 Å². The molecule has 0 aliphatic heterocycles.